The molecule has 0 aliphatic carbocycles. The molecule has 6 heteroatoms. The number of esters is 3. The van der Waals surface area contributed by atoms with Crippen molar-refractivity contribution in [3.05, 3.63) is 11.6 Å². The van der Waals surface area contributed by atoms with E-state index in [1.807, 2.05) is 0 Å². The molecule has 0 saturated carbocycles. The predicted octanol–water partition coefficient (Wildman–Crippen LogP) is 19.7. The van der Waals surface area contributed by atoms with Crippen molar-refractivity contribution in [3.8, 4) is 0 Å². The van der Waals surface area contributed by atoms with Crippen LogP contribution in [0.4, 0.5) is 0 Å². The Kier molecular flexibility index (Phi) is 54.2. The third-order valence-corrected chi connectivity index (χ3v) is 13.6. The van der Waals surface area contributed by atoms with Gasteiger partial charge in [0.15, 0.2) is 0 Å². The maximum Gasteiger partial charge on any atom is 0.334 e. The van der Waals surface area contributed by atoms with Gasteiger partial charge in [-0.2, -0.15) is 0 Å². The summed E-state index contributed by atoms with van der Waals surface area (Å²) >= 11 is 0. The van der Waals surface area contributed by atoms with Crippen LogP contribution < -0.4 is 0 Å². The van der Waals surface area contributed by atoms with E-state index >= 15 is 0 Å². The highest BCUT2D eigenvalue weighted by Gasteiger charge is 2.19. The molecule has 6 nitrogen and oxygen atoms in total. The number of carbonyl (C=O) groups excluding carboxylic acids is 3. The van der Waals surface area contributed by atoms with Crippen molar-refractivity contribution in [2.45, 2.75) is 335 Å². The van der Waals surface area contributed by atoms with Crippen LogP contribution in [0.5, 0.6) is 0 Å². The fourth-order valence-electron chi connectivity index (χ4n) is 9.14. The summed E-state index contributed by atoms with van der Waals surface area (Å²) in [6.45, 7) is 7.78. The monoisotopic (exact) mass is 931 g/mol. The summed E-state index contributed by atoms with van der Waals surface area (Å²) in [6.07, 6.45) is 62.7. The van der Waals surface area contributed by atoms with Crippen molar-refractivity contribution in [1.29, 1.82) is 0 Å². The summed E-state index contributed by atoms with van der Waals surface area (Å²) in [5, 5.41) is 0. The van der Waals surface area contributed by atoms with E-state index in [0.29, 0.717) is 13.2 Å². The van der Waals surface area contributed by atoms with Gasteiger partial charge >= 0.3 is 17.9 Å². The molecule has 0 spiro atoms. The molecule has 0 aliphatic heterocycles. The van der Waals surface area contributed by atoms with Gasteiger partial charge in [-0.25, -0.2) is 9.59 Å². The molecule has 0 aliphatic rings. The first-order valence-electron chi connectivity index (χ1n) is 29.7. The van der Waals surface area contributed by atoms with E-state index in [9.17, 15) is 14.4 Å². The van der Waals surface area contributed by atoms with Gasteiger partial charge in [-0.1, -0.05) is 310 Å². The maximum atomic E-state index is 13.1. The summed E-state index contributed by atoms with van der Waals surface area (Å²) in [5.41, 5.74) is 0.0282. The predicted molar refractivity (Wildman–Crippen MR) is 284 cm³/mol. The Bertz CT molecular complexity index is 1040. The van der Waals surface area contributed by atoms with Crippen LogP contribution in [-0.4, -0.2) is 37.7 Å². The van der Waals surface area contributed by atoms with E-state index in [1.54, 1.807) is 0 Å². The lowest BCUT2D eigenvalue weighted by molar-refractivity contribution is -0.146. The number of unbranched alkanes of at least 4 members (excludes halogenated alkanes) is 45. The second-order valence-electron chi connectivity index (χ2n) is 20.3. The minimum atomic E-state index is -0.616. The zero-order chi connectivity index (χ0) is 47.9. The minimum absolute atomic E-state index is 0.0282. The van der Waals surface area contributed by atoms with Crippen LogP contribution in [0.2, 0.25) is 0 Å². The Labute approximate surface area is 411 Å². The topological polar surface area (TPSA) is 78.9 Å². The summed E-state index contributed by atoms with van der Waals surface area (Å²) < 4.78 is 16.6. The Hall–Kier alpha value is -1.85. The van der Waals surface area contributed by atoms with E-state index in [1.165, 1.54) is 250 Å². The van der Waals surface area contributed by atoms with Gasteiger partial charge in [0.1, 0.15) is 0 Å². The quantitative estimate of drug-likeness (QED) is 0.0262. The zero-order valence-electron chi connectivity index (χ0n) is 44.8. The summed E-state index contributed by atoms with van der Waals surface area (Å²) in [7, 11) is 0. The average Bonchev–Trinajstić information content (AvgIpc) is 3.31. The number of ether oxygens (including phenoxy) is 3. The van der Waals surface area contributed by atoms with Crippen molar-refractivity contribution < 1.29 is 28.6 Å². The highest BCUT2D eigenvalue weighted by molar-refractivity contribution is 5.99. The first-order chi connectivity index (χ1) is 32.5. The van der Waals surface area contributed by atoms with Crippen molar-refractivity contribution in [2.75, 3.05) is 19.8 Å². The minimum Gasteiger partial charge on any atom is -0.465 e. The molecule has 0 fully saturated rings. The zero-order valence-corrected chi connectivity index (χ0v) is 44.8. The van der Waals surface area contributed by atoms with Crippen LogP contribution in [0, 0.1) is 0 Å². The number of hydrogen-bond acceptors (Lipinski definition) is 6. The maximum absolute atomic E-state index is 13.1. The molecule has 0 rings (SSSR count). The van der Waals surface area contributed by atoms with Crippen molar-refractivity contribution >= 4 is 17.9 Å². The molecule has 0 unspecified atom stereocenters. The fourth-order valence-corrected chi connectivity index (χ4v) is 9.14. The van der Waals surface area contributed by atoms with Gasteiger partial charge < -0.3 is 14.2 Å². The molecule has 0 aromatic heterocycles. The summed E-state index contributed by atoms with van der Waals surface area (Å²) in [5.74, 6) is -1.70. The first-order valence-corrected chi connectivity index (χ1v) is 29.7. The van der Waals surface area contributed by atoms with Gasteiger partial charge in [0.05, 0.1) is 31.8 Å². The molecule has 0 aromatic carbocycles. The molecule has 66 heavy (non-hydrogen) atoms. The van der Waals surface area contributed by atoms with Gasteiger partial charge in [-0.15, -0.1) is 0 Å². The van der Waals surface area contributed by atoms with Crippen molar-refractivity contribution in [1.82, 2.24) is 0 Å². The molecule has 0 bridgehead atoms. The van der Waals surface area contributed by atoms with Crippen LogP contribution >= 0.6 is 0 Å². The lowest BCUT2D eigenvalue weighted by Crippen LogP contribution is -2.17. The molecule has 0 saturated heterocycles. The normalized spacial score (nSPS) is 11.7. The van der Waals surface area contributed by atoms with Gasteiger partial charge in [0.2, 0.25) is 0 Å². The van der Waals surface area contributed by atoms with Crippen LogP contribution in [0.15, 0.2) is 11.6 Å². The summed E-state index contributed by atoms with van der Waals surface area (Å²) in [4.78, 5) is 38.8. The fraction of sp³-hybridized carbons (Fsp3) is 0.917. The van der Waals surface area contributed by atoms with E-state index in [-0.39, 0.29) is 18.6 Å². The van der Waals surface area contributed by atoms with Crippen LogP contribution in [0.1, 0.15) is 335 Å². The lowest BCUT2D eigenvalue weighted by Gasteiger charge is -2.10. The van der Waals surface area contributed by atoms with Crippen molar-refractivity contribution in [2.24, 2.45) is 0 Å². The van der Waals surface area contributed by atoms with Gasteiger partial charge in [0.25, 0.3) is 0 Å². The lowest BCUT2D eigenvalue weighted by atomic mass is 10.0. The van der Waals surface area contributed by atoms with E-state index in [2.05, 4.69) is 20.8 Å². The number of rotatable bonds is 55. The van der Waals surface area contributed by atoms with Gasteiger partial charge in [-0.3, -0.25) is 4.79 Å². The van der Waals surface area contributed by atoms with Crippen LogP contribution in [0.25, 0.3) is 0 Å². The standard InChI is InChI=1S/C60H114O6/c1-4-7-10-13-16-19-22-25-28-31-34-37-40-43-46-49-52-64-58(61)55-57(60(63)66-54-51-48-45-42-39-36-33-30-27-24-21-18-15-12-9-6-3)56-59(62)65-53-50-47-44-41-38-35-32-29-26-23-20-17-14-11-8-5-2/h55H,4-54,56H2,1-3H3/b57-55-. The second-order valence-corrected chi connectivity index (χ2v) is 20.3. The van der Waals surface area contributed by atoms with Gasteiger partial charge in [-0.05, 0) is 19.3 Å². The van der Waals surface area contributed by atoms with Crippen molar-refractivity contribution in [3.63, 3.8) is 0 Å². The molecule has 0 N–H and O–H groups in total. The van der Waals surface area contributed by atoms with Gasteiger partial charge in [0, 0.05) is 6.08 Å². The van der Waals surface area contributed by atoms with E-state index < -0.39 is 17.9 Å². The molecule has 0 aromatic rings. The average molecular weight is 932 g/mol. The smallest absolute Gasteiger partial charge is 0.334 e. The molecule has 0 atom stereocenters. The SMILES string of the molecule is CCCCCCCCCCCCCCCCCCOC(=O)/C=C(/CC(=O)OCCCCCCCCCCCCCCCCCC)C(=O)OCCCCCCCCCCCCCCCCCC. The number of hydrogen-bond donors (Lipinski definition) is 0. The molecular formula is C60H114O6. The highest BCUT2D eigenvalue weighted by atomic mass is 16.5. The Morgan fingerprint density at radius 3 is 0.742 bits per heavy atom. The molecule has 0 amide bonds. The van der Waals surface area contributed by atoms with E-state index in [4.69, 9.17) is 14.2 Å². The third-order valence-electron chi connectivity index (χ3n) is 13.6. The molecule has 0 radical (unpaired) electrons. The molecule has 0 heterocycles. The van der Waals surface area contributed by atoms with Crippen LogP contribution in [0.3, 0.4) is 0 Å². The Balaban J connectivity index is 4.37. The Morgan fingerprint density at radius 1 is 0.273 bits per heavy atom. The number of carbonyl (C=O) groups is 3. The third kappa shape index (κ3) is 51.5. The van der Waals surface area contributed by atoms with E-state index in [0.717, 1.165) is 63.9 Å². The largest absolute Gasteiger partial charge is 0.465 e. The second kappa shape index (κ2) is 55.7. The van der Waals surface area contributed by atoms with Crippen LogP contribution in [-0.2, 0) is 28.6 Å². The molecular weight excluding hydrogens is 817 g/mol. The first kappa shape index (κ1) is 64.2. The highest BCUT2D eigenvalue weighted by Crippen LogP contribution is 2.18. The Morgan fingerprint density at radius 2 is 0.485 bits per heavy atom. The summed E-state index contributed by atoms with van der Waals surface area (Å²) in [6, 6.07) is 0. The molecule has 390 valence electrons.